The summed E-state index contributed by atoms with van der Waals surface area (Å²) in [6, 6.07) is 7.50. The molecule has 1 aliphatic heterocycles. The summed E-state index contributed by atoms with van der Waals surface area (Å²) in [6.45, 7) is 1.51. The van der Waals surface area contributed by atoms with E-state index in [9.17, 15) is 19.6 Å². The van der Waals surface area contributed by atoms with Gasteiger partial charge in [-0.2, -0.15) is 5.26 Å². The van der Waals surface area contributed by atoms with Crippen molar-refractivity contribution in [2.24, 2.45) is 7.05 Å². The second-order valence-electron chi connectivity index (χ2n) is 7.77. The minimum atomic E-state index is -1.19. The summed E-state index contributed by atoms with van der Waals surface area (Å²) in [7, 11) is 4.65. The van der Waals surface area contributed by atoms with Crippen LogP contribution < -0.4 is 20.3 Å². The van der Waals surface area contributed by atoms with Crippen LogP contribution in [0.3, 0.4) is 0 Å². The number of nitriles is 1. The lowest BCUT2D eigenvalue weighted by molar-refractivity contribution is -0.140. The average molecular weight is 529 g/mol. The first-order chi connectivity index (χ1) is 17.1. The number of carboxylic acid groups (broad SMARTS) is 1. The SMILES string of the molecule is COc1ccc(CCNc2c(/C=C3/SC(=S)N(CC(=O)O)C3=O)c(C)c(C#N)c(=O)n2C)cc1OC. The molecule has 0 bridgehead atoms. The first-order valence-electron chi connectivity index (χ1n) is 10.7. The van der Waals surface area contributed by atoms with Crippen molar-refractivity contribution in [2.75, 3.05) is 32.6 Å². The largest absolute Gasteiger partial charge is 0.493 e. The van der Waals surface area contributed by atoms with E-state index in [1.807, 2.05) is 18.2 Å². The van der Waals surface area contributed by atoms with E-state index in [0.717, 1.165) is 22.2 Å². The predicted molar refractivity (Wildman–Crippen MR) is 140 cm³/mol. The van der Waals surface area contributed by atoms with Gasteiger partial charge in [0.2, 0.25) is 0 Å². The number of hydrogen-bond donors (Lipinski definition) is 2. The molecule has 2 aromatic rings. The number of carbonyl (C=O) groups excluding carboxylic acids is 1. The molecule has 1 aromatic heterocycles. The summed E-state index contributed by atoms with van der Waals surface area (Å²) in [5.74, 6) is -0.103. The molecule has 1 fully saturated rings. The molecule has 0 unspecified atom stereocenters. The number of thioether (sulfide) groups is 1. The Hall–Kier alpha value is -3.82. The molecule has 1 aliphatic rings. The van der Waals surface area contributed by atoms with Crippen molar-refractivity contribution in [1.29, 1.82) is 5.26 Å². The first kappa shape index (κ1) is 26.8. The Morgan fingerprint density at radius 3 is 2.58 bits per heavy atom. The van der Waals surface area contributed by atoms with Gasteiger partial charge in [0.15, 0.2) is 11.5 Å². The fraction of sp³-hybridized carbons (Fsp3) is 0.292. The zero-order chi connectivity index (χ0) is 26.6. The number of benzene rings is 1. The van der Waals surface area contributed by atoms with Crippen LogP contribution in [0, 0.1) is 18.3 Å². The van der Waals surface area contributed by atoms with Gasteiger partial charge in [0.25, 0.3) is 11.5 Å². The fourth-order valence-electron chi connectivity index (χ4n) is 3.71. The van der Waals surface area contributed by atoms with E-state index >= 15 is 0 Å². The van der Waals surface area contributed by atoms with Crippen molar-refractivity contribution in [2.45, 2.75) is 13.3 Å². The van der Waals surface area contributed by atoms with Gasteiger partial charge in [0, 0.05) is 19.2 Å². The highest BCUT2D eigenvalue weighted by Gasteiger charge is 2.34. The number of carboxylic acids is 1. The molecule has 1 amide bonds. The van der Waals surface area contributed by atoms with Gasteiger partial charge < -0.3 is 19.9 Å². The van der Waals surface area contributed by atoms with Crippen molar-refractivity contribution in [3.8, 4) is 17.6 Å². The Bertz CT molecular complexity index is 1380. The van der Waals surface area contributed by atoms with Gasteiger partial charge >= 0.3 is 5.97 Å². The molecule has 0 spiro atoms. The van der Waals surface area contributed by atoms with Gasteiger partial charge in [-0.15, -0.1) is 0 Å². The normalized spacial score (nSPS) is 14.2. The third-order valence-corrected chi connectivity index (χ3v) is 6.97. The third kappa shape index (κ3) is 5.37. The Balaban J connectivity index is 1.97. The maximum absolute atomic E-state index is 12.8. The highest BCUT2D eigenvalue weighted by molar-refractivity contribution is 8.26. The highest BCUT2D eigenvalue weighted by atomic mass is 32.2. The lowest BCUT2D eigenvalue weighted by Crippen LogP contribution is -2.33. The van der Waals surface area contributed by atoms with E-state index in [1.165, 1.54) is 17.7 Å². The molecule has 1 aromatic carbocycles. The maximum atomic E-state index is 12.8. The van der Waals surface area contributed by atoms with Crippen LogP contribution in [-0.4, -0.2) is 58.1 Å². The van der Waals surface area contributed by atoms with Crippen LogP contribution in [0.25, 0.3) is 6.08 Å². The van der Waals surface area contributed by atoms with Crippen LogP contribution in [0.5, 0.6) is 11.5 Å². The molecule has 0 radical (unpaired) electrons. The summed E-state index contributed by atoms with van der Waals surface area (Å²) in [6.07, 6.45) is 2.11. The smallest absolute Gasteiger partial charge is 0.323 e. The van der Waals surface area contributed by atoms with E-state index in [0.29, 0.717) is 41.4 Å². The second-order valence-corrected chi connectivity index (χ2v) is 9.44. The zero-order valence-corrected chi connectivity index (χ0v) is 21.7. The molecule has 188 valence electrons. The number of methoxy groups -OCH3 is 2. The van der Waals surface area contributed by atoms with E-state index in [-0.39, 0.29) is 14.8 Å². The number of ether oxygens (including phenoxy) is 2. The van der Waals surface area contributed by atoms with Crippen molar-refractivity contribution < 1.29 is 24.2 Å². The molecule has 10 nitrogen and oxygen atoms in total. The Labute approximate surface area is 217 Å². The van der Waals surface area contributed by atoms with E-state index in [1.54, 1.807) is 27.2 Å². The van der Waals surface area contributed by atoms with Gasteiger partial charge in [-0.1, -0.05) is 30.0 Å². The molecule has 12 heteroatoms. The number of hydrogen-bond acceptors (Lipinski definition) is 9. The van der Waals surface area contributed by atoms with Gasteiger partial charge in [0.1, 0.15) is 28.3 Å². The Morgan fingerprint density at radius 2 is 1.97 bits per heavy atom. The number of carbonyl (C=O) groups is 2. The van der Waals surface area contributed by atoms with E-state index in [2.05, 4.69) is 5.32 Å². The quantitative estimate of drug-likeness (QED) is 0.369. The second kappa shape index (κ2) is 11.3. The van der Waals surface area contributed by atoms with Crippen molar-refractivity contribution in [1.82, 2.24) is 9.47 Å². The minimum absolute atomic E-state index is 0.0461. The number of nitrogens with zero attached hydrogens (tertiary/aromatic N) is 3. The van der Waals surface area contributed by atoms with Gasteiger partial charge in [-0.3, -0.25) is 23.9 Å². The monoisotopic (exact) mass is 528 g/mol. The van der Waals surface area contributed by atoms with Crippen LogP contribution in [-0.2, 0) is 23.1 Å². The van der Waals surface area contributed by atoms with Crippen molar-refractivity contribution in [3.63, 3.8) is 0 Å². The van der Waals surface area contributed by atoms with Crippen LogP contribution in [0.2, 0.25) is 0 Å². The number of aromatic nitrogens is 1. The maximum Gasteiger partial charge on any atom is 0.323 e. The molecule has 0 atom stereocenters. The summed E-state index contributed by atoms with van der Waals surface area (Å²) >= 11 is 6.14. The highest BCUT2D eigenvalue weighted by Crippen LogP contribution is 2.35. The number of pyridine rings is 1. The summed E-state index contributed by atoms with van der Waals surface area (Å²) in [5.41, 5.74) is 1.32. The van der Waals surface area contributed by atoms with Crippen LogP contribution in [0.1, 0.15) is 22.3 Å². The Morgan fingerprint density at radius 1 is 1.28 bits per heavy atom. The lowest BCUT2D eigenvalue weighted by atomic mass is 10.0. The average Bonchev–Trinajstić information content (AvgIpc) is 3.11. The Kier molecular flexibility index (Phi) is 8.39. The van der Waals surface area contributed by atoms with Gasteiger partial charge in [0.05, 0.1) is 19.1 Å². The third-order valence-electron chi connectivity index (χ3n) is 5.60. The van der Waals surface area contributed by atoms with E-state index in [4.69, 9.17) is 26.8 Å². The fourth-order valence-corrected chi connectivity index (χ4v) is 4.95. The molecule has 2 heterocycles. The van der Waals surface area contributed by atoms with Gasteiger partial charge in [-0.25, -0.2) is 0 Å². The van der Waals surface area contributed by atoms with Crippen molar-refractivity contribution >= 4 is 52.1 Å². The van der Waals surface area contributed by atoms with Crippen molar-refractivity contribution in [3.05, 3.63) is 55.7 Å². The summed E-state index contributed by atoms with van der Waals surface area (Å²) in [4.78, 5) is 37.9. The number of thiocarbonyl (C=S) groups is 1. The molecule has 36 heavy (non-hydrogen) atoms. The molecule has 0 aliphatic carbocycles. The summed E-state index contributed by atoms with van der Waals surface area (Å²) < 4.78 is 12.1. The standard InChI is InChI=1S/C24H24N4O6S2/c1-13-15(10-19-23(32)28(12-20(29)30)24(35)36-19)21(27(2)22(31)16(13)11-25)26-8-7-14-5-6-17(33-3)18(9-14)34-4/h5-6,9-10,26H,7-8,12H2,1-4H3,(H,29,30)/b19-10+. The summed E-state index contributed by atoms with van der Waals surface area (Å²) in [5, 5.41) is 21.9. The number of anilines is 1. The molecule has 1 saturated heterocycles. The topological polar surface area (TPSA) is 134 Å². The minimum Gasteiger partial charge on any atom is -0.493 e. The first-order valence-corrected chi connectivity index (χ1v) is 11.9. The lowest BCUT2D eigenvalue weighted by Gasteiger charge is -2.18. The van der Waals surface area contributed by atoms with Crippen LogP contribution >= 0.6 is 24.0 Å². The zero-order valence-electron chi connectivity index (χ0n) is 20.1. The van der Waals surface area contributed by atoms with Gasteiger partial charge in [-0.05, 0) is 42.7 Å². The molecule has 0 saturated carbocycles. The number of aliphatic carboxylic acids is 1. The molecular weight excluding hydrogens is 504 g/mol. The number of amides is 1. The molecule has 2 N–H and O–H groups in total. The number of nitrogens with one attached hydrogen (secondary N) is 1. The predicted octanol–water partition coefficient (Wildman–Crippen LogP) is 2.52. The van der Waals surface area contributed by atoms with E-state index < -0.39 is 24.0 Å². The van der Waals surface area contributed by atoms with Crippen LogP contribution in [0.15, 0.2) is 27.9 Å². The van der Waals surface area contributed by atoms with Crippen LogP contribution in [0.4, 0.5) is 5.82 Å². The molecular formula is C24H24N4O6S2. The number of rotatable bonds is 9. The molecule has 3 rings (SSSR count).